The molecule has 0 atom stereocenters. The first-order chi connectivity index (χ1) is 7.95. The molecule has 0 spiro atoms. The number of nitrogens with zero attached hydrogens (tertiary/aromatic N) is 2. The molecule has 4 heteroatoms. The van der Waals surface area contributed by atoms with Crippen LogP contribution in [0.5, 0.6) is 0 Å². The molecule has 1 heterocycles. The van der Waals surface area contributed by atoms with Crippen molar-refractivity contribution in [1.29, 1.82) is 0 Å². The van der Waals surface area contributed by atoms with Crippen molar-refractivity contribution in [2.45, 2.75) is 38.2 Å². The summed E-state index contributed by atoms with van der Waals surface area (Å²) in [6, 6.07) is 1.86. The Morgan fingerprint density at radius 3 is 2.94 bits per heavy atom. The third kappa shape index (κ3) is 3.77. The summed E-state index contributed by atoms with van der Waals surface area (Å²) in [5, 5.41) is 3.21. The molecule has 1 aromatic heterocycles. The Morgan fingerprint density at radius 2 is 2.19 bits per heavy atom. The van der Waals surface area contributed by atoms with Crippen molar-refractivity contribution in [3.8, 4) is 0 Å². The first-order valence-corrected chi connectivity index (χ1v) is 6.06. The zero-order valence-corrected chi connectivity index (χ0v) is 9.56. The van der Waals surface area contributed by atoms with Crippen LogP contribution in [0, 0.1) is 0 Å². The average molecular weight is 221 g/mol. The third-order valence-electron chi connectivity index (χ3n) is 2.90. The molecule has 0 aromatic carbocycles. The van der Waals surface area contributed by atoms with Crippen molar-refractivity contribution in [1.82, 2.24) is 9.97 Å². The van der Waals surface area contributed by atoms with Gasteiger partial charge in [0.15, 0.2) is 0 Å². The SMILES string of the molecule is c1cc(NCCOC2CCCCC2)ncn1. The van der Waals surface area contributed by atoms with Crippen LogP contribution in [-0.2, 0) is 4.74 Å². The van der Waals surface area contributed by atoms with Crippen LogP contribution in [0.2, 0.25) is 0 Å². The number of hydrogen-bond donors (Lipinski definition) is 1. The summed E-state index contributed by atoms with van der Waals surface area (Å²) in [5.41, 5.74) is 0. The largest absolute Gasteiger partial charge is 0.376 e. The third-order valence-corrected chi connectivity index (χ3v) is 2.90. The Morgan fingerprint density at radius 1 is 1.31 bits per heavy atom. The highest BCUT2D eigenvalue weighted by molar-refractivity contribution is 5.31. The number of hydrogen-bond acceptors (Lipinski definition) is 4. The summed E-state index contributed by atoms with van der Waals surface area (Å²) in [5.74, 6) is 0.863. The second-order valence-corrected chi connectivity index (χ2v) is 4.15. The van der Waals surface area contributed by atoms with Crippen molar-refractivity contribution < 1.29 is 4.74 Å². The van der Waals surface area contributed by atoms with Gasteiger partial charge in [0.05, 0.1) is 12.7 Å². The van der Waals surface area contributed by atoms with Gasteiger partial charge in [-0.2, -0.15) is 0 Å². The topological polar surface area (TPSA) is 47.0 Å². The molecule has 2 rings (SSSR count). The van der Waals surface area contributed by atoms with E-state index < -0.39 is 0 Å². The average Bonchev–Trinajstić information content (AvgIpc) is 2.37. The van der Waals surface area contributed by atoms with E-state index >= 15 is 0 Å². The predicted octanol–water partition coefficient (Wildman–Crippen LogP) is 2.24. The van der Waals surface area contributed by atoms with Crippen molar-refractivity contribution >= 4 is 5.82 Å². The van der Waals surface area contributed by atoms with E-state index in [0.717, 1.165) is 19.0 Å². The molecule has 0 amide bonds. The van der Waals surface area contributed by atoms with Gasteiger partial charge in [0.25, 0.3) is 0 Å². The number of nitrogens with one attached hydrogen (secondary N) is 1. The zero-order valence-electron chi connectivity index (χ0n) is 9.56. The molecular weight excluding hydrogens is 202 g/mol. The Labute approximate surface area is 96.4 Å². The van der Waals surface area contributed by atoms with Gasteiger partial charge in [-0.1, -0.05) is 19.3 Å². The van der Waals surface area contributed by atoms with Crippen LogP contribution >= 0.6 is 0 Å². The van der Waals surface area contributed by atoms with Crippen LogP contribution in [0.25, 0.3) is 0 Å². The van der Waals surface area contributed by atoms with Crippen LogP contribution in [0.1, 0.15) is 32.1 Å². The van der Waals surface area contributed by atoms with E-state index in [-0.39, 0.29) is 0 Å². The summed E-state index contributed by atoms with van der Waals surface area (Å²) in [4.78, 5) is 7.95. The summed E-state index contributed by atoms with van der Waals surface area (Å²) in [6.07, 6.45) is 10.2. The maximum atomic E-state index is 5.80. The normalized spacial score (nSPS) is 17.2. The quantitative estimate of drug-likeness (QED) is 0.775. The Bertz CT molecular complexity index is 286. The molecule has 0 saturated heterocycles. The summed E-state index contributed by atoms with van der Waals surface area (Å²) < 4.78 is 5.80. The lowest BCUT2D eigenvalue weighted by Gasteiger charge is -2.22. The van der Waals surface area contributed by atoms with E-state index in [1.54, 1.807) is 12.5 Å². The molecule has 16 heavy (non-hydrogen) atoms. The summed E-state index contributed by atoms with van der Waals surface area (Å²) in [6.45, 7) is 1.57. The zero-order chi connectivity index (χ0) is 11.1. The molecule has 88 valence electrons. The van der Waals surface area contributed by atoms with Crippen LogP contribution < -0.4 is 5.32 Å². The Kier molecular flexibility index (Phi) is 4.55. The molecule has 0 bridgehead atoms. The van der Waals surface area contributed by atoms with Gasteiger partial charge in [0.1, 0.15) is 12.1 Å². The van der Waals surface area contributed by atoms with Gasteiger partial charge in [0, 0.05) is 12.7 Å². The fourth-order valence-corrected chi connectivity index (χ4v) is 2.03. The van der Waals surface area contributed by atoms with Crippen molar-refractivity contribution in [3.05, 3.63) is 18.6 Å². The van der Waals surface area contributed by atoms with Gasteiger partial charge in [-0.05, 0) is 18.9 Å². The number of aromatic nitrogens is 2. The van der Waals surface area contributed by atoms with Crippen LogP contribution in [0.15, 0.2) is 18.6 Å². The standard InChI is InChI=1S/C12H19N3O/c1-2-4-11(5-3-1)16-9-8-14-12-6-7-13-10-15-12/h6-7,10-11H,1-5,8-9H2,(H,13,14,15). The molecule has 1 N–H and O–H groups in total. The number of ether oxygens (including phenoxy) is 1. The number of rotatable bonds is 5. The highest BCUT2D eigenvalue weighted by atomic mass is 16.5. The van der Waals surface area contributed by atoms with E-state index in [9.17, 15) is 0 Å². The molecule has 1 fully saturated rings. The van der Waals surface area contributed by atoms with Gasteiger partial charge in [-0.25, -0.2) is 9.97 Å². The maximum Gasteiger partial charge on any atom is 0.129 e. The minimum absolute atomic E-state index is 0.487. The summed E-state index contributed by atoms with van der Waals surface area (Å²) >= 11 is 0. The molecule has 1 saturated carbocycles. The predicted molar refractivity (Wildman–Crippen MR) is 63.3 cm³/mol. The van der Waals surface area contributed by atoms with Gasteiger partial charge >= 0.3 is 0 Å². The molecule has 1 aliphatic rings. The van der Waals surface area contributed by atoms with Crippen LogP contribution in [-0.4, -0.2) is 29.2 Å². The Hall–Kier alpha value is -1.16. The van der Waals surface area contributed by atoms with Crippen molar-refractivity contribution in [2.24, 2.45) is 0 Å². The molecule has 0 unspecified atom stereocenters. The highest BCUT2D eigenvalue weighted by Crippen LogP contribution is 2.19. The number of anilines is 1. The molecule has 0 aliphatic heterocycles. The van der Waals surface area contributed by atoms with Crippen molar-refractivity contribution in [2.75, 3.05) is 18.5 Å². The van der Waals surface area contributed by atoms with Gasteiger partial charge in [0.2, 0.25) is 0 Å². The molecular formula is C12H19N3O. The van der Waals surface area contributed by atoms with Crippen LogP contribution in [0.3, 0.4) is 0 Å². The minimum atomic E-state index is 0.487. The smallest absolute Gasteiger partial charge is 0.129 e. The van der Waals surface area contributed by atoms with E-state index in [1.165, 1.54) is 32.1 Å². The molecule has 0 radical (unpaired) electrons. The van der Waals surface area contributed by atoms with Gasteiger partial charge < -0.3 is 10.1 Å². The molecule has 1 aromatic rings. The fraction of sp³-hybridized carbons (Fsp3) is 0.667. The summed E-state index contributed by atoms with van der Waals surface area (Å²) in [7, 11) is 0. The van der Waals surface area contributed by atoms with Crippen molar-refractivity contribution in [3.63, 3.8) is 0 Å². The lowest BCUT2D eigenvalue weighted by molar-refractivity contribution is 0.0347. The van der Waals surface area contributed by atoms with Gasteiger partial charge in [-0.15, -0.1) is 0 Å². The van der Waals surface area contributed by atoms with E-state index in [2.05, 4.69) is 15.3 Å². The van der Waals surface area contributed by atoms with E-state index in [1.807, 2.05) is 6.07 Å². The molecule has 1 aliphatic carbocycles. The van der Waals surface area contributed by atoms with Crippen LogP contribution in [0.4, 0.5) is 5.82 Å². The first-order valence-electron chi connectivity index (χ1n) is 6.06. The van der Waals surface area contributed by atoms with Gasteiger partial charge in [-0.3, -0.25) is 0 Å². The Balaban J connectivity index is 1.58. The van der Waals surface area contributed by atoms with E-state index in [0.29, 0.717) is 6.10 Å². The minimum Gasteiger partial charge on any atom is -0.376 e. The first kappa shape index (κ1) is 11.3. The lowest BCUT2D eigenvalue weighted by atomic mass is 9.98. The fourth-order valence-electron chi connectivity index (χ4n) is 2.03. The second-order valence-electron chi connectivity index (χ2n) is 4.15. The maximum absolute atomic E-state index is 5.80. The monoisotopic (exact) mass is 221 g/mol. The highest BCUT2D eigenvalue weighted by Gasteiger charge is 2.12. The van der Waals surface area contributed by atoms with E-state index in [4.69, 9.17) is 4.74 Å². The second kappa shape index (κ2) is 6.43. The molecule has 4 nitrogen and oxygen atoms in total. The lowest BCUT2D eigenvalue weighted by Crippen LogP contribution is -2.20.